The third-order valence-corrected chi connectivity index (χ3v) is 4.67. The van der Waals surface area contributed by atoms with Crippen LogP contribution in [0.2, 0.25) is 0 Å². The summed E-state index contributed by atoms with van der Waals surface area (Å²) in [7, 11) is 4.07. The van der Waals surface area contributed by atoms with Crippen LogP contribution in [0.5, 0.6) is 0 Å². The van der Waals surface area contributed by atoms with Crippen LogP contribution >= 0.6 is 0 Å². The number of anilines is 1. The first-order valence-corrected chi connectivity index (χ1v) is 9.22. The summed E-state index contributed by atoms with van der Waals surface area (Å²) in [6.45, 7) is 3.24. The Morgan fingerprint density at radius 3 is 2.84 bits per heavy atom. The molecular formula is C19H32FN5. The van der Waals surface area contributed by atoms with Crippen LogP contribution in [0, 0.1) is 17.7 Å². The maximum atomic E-state index is 13.4. The van der Waals surface area contributed by atoms with E-state index in [-0.39, 0.29) is 5.82 Å². The van der Waals surface area contributed by atoms with E-state index in [1.54, 1.807) is 6.07 Å². The highest BCUT2D eigenvalue weighted by molar-refractivity contribution is 5.93. The lowest BCUT2D eigenvalue weighted by Gasteiger charge is -2.27. The van der Waals surface area contributed by atoms with E-state index in [4.69, 9.17) is 10.7 Å². The topological polar surface area (TPSA) is 65.7 Å². The number of likely N-dealkylation sites (N-methyl/N-ethyl adjacent to an activating group) is 1. The molecule has 1 fully saturated rings. The number of guanidine groups is 1. The van der Waals surface area contributed by atoms with Crippen molar-refractivity contribution in [2.45, 2.75) is 25.7 Å². The molecule has 0 aromatic heterocycles. The average Bonchev–Trinajstić information content (AvgIpc) is 2.59. The first-order valence-electron chi connectivity index (χ1n) is 9.22. The molecule has 0 saturated heterocycles. The molecule has 5 nitrogen and oxygen atoms in total. The van der Waals surface area contributed by atoms with Gasteiger partial charge in [0.1, 0.15) is 5.82 Å². The first-order chi connectivity index (χ1) is 12.1. The highest BCUT2D eigenvalue weighted by Gasteiger charge is 2.20. The van der Waals surface area contributed by atoms with E-state index in [0.29, 0.717) is 23.5 Å². The molecule has 1 aliphatic carbocycles. The standard InChI is InChI=1S/C19H32FN5/c1-25(2)10-9-22-19(24-18-8-4-7-17(20)12-18)23-14-16-6-3-5-15(11-16)13-21/h4,7-8,12,15-16H,3,5-6,9-11,13-14,21H2,1-2H3,(H2,22,23,24). The van der Waals surface area contributed by atoms with E-state index < -0.39 is 0 Å². The Kier molecular flexibility index (Phi) is 8.15. The number of benzene rings is 1. The van der Waals surface area contributed by atoms with Gasteiger partial charge in [0, 0.05) is 25.3 Å². The molecule has 140 valence electrons. The number of hydrogen-bond acceptors (Lipinski definition) is 3. The molecule has 0 radical (unpaired) electrons. The third-order valence-electron chi connectivity index (χ3n) is 4.67. The third kappa shape index (κ3) is 7.40. The second-order valence-corrected chi connectivity index (χ2v) is 7.19. The summed E-state index contributed by atoms with van der Waals surface area (Å²) in [5.41, 5.74) is 6.54. The van der Waals surface area contributed by atoms with Crippen LogP contribution in [-0.2, 0) is 0 Å². The Balaban J connectivity index is 1.96. The zero-order valence-corrected chi connectivity index (χ0v) is 15.5. The van der Waals surface area contributed by atoms with E-state index in [1.807, 2.05) is 20.2 Å². The second kappa shape index (κ2) is 10.4. The van der Waals surface area contributed by atoms with Gasteiger partial charge in [0.15, 0.2) is 5.96 Å². The molecule has 1 saturated carbocycles. The van der Waals surface area contributed by atoms with Crippen molar-refractivity contribution in [3.63, 3.8) is 0 Å². The fourth-order valence-electron chi connectivity index (χ4n) is 3.24. The van der Waals surface area contributed by atoms with Crippen molar-refractivity contribution < 1.29 is 4.39 Å². The van der Waals surface area contributed by atoms with Crippen LogP contribution in [0.3, 0.4) is 0 Å². The minimum atomic E-state index is -0.254. The van der Waals surface area contributed by atoms with Gasteiger partial charge >= 0.3 is 0 Å². The molecule has 0 spiro atoms. The Labute approximate surface area is 150 Å². The van der Waals surface area contributed by atoms with Gasteiger partial charge in [-0.2, -0.15) is 0 Å². The van der Waals surface area contributed by atoms with Crippen LogP contribution in [0.4, 0.5) is 10.1 Å². The molecule has 25 heavy (non-hydrogen) atoms. The van der Waals surface area contributed by atoms with Gasteiger partial charge in [0.05, 0.1) is 0 Å². The van der Waals surface area contributed by atoms with Crippen molar-refractivity contribution in [1.29, 1.82) is 0 Å². The molecule has 2 rings (SSSR count). The van der Waals surface area contributed by atoms with Crippen LogP contribution < -0.4 is 16.4 Å². The van der Waals surface area contributed by atoms with E-state index in [1.165, 1.54) is 31.4 Å². The highest BCUT2D eigenvalue weighted by atomic mass is 19.1. The Hall–Kier alpha value is -1.66. The lowest BCUT2D eigenvalue weighted by atomic mass is 9.81. The van der Waals surface area contributed by atoms with Crippen molar-refractivity contribution in [3.8, 4) is 0 Å². The molecular weight excluding hydrogens is 317 g/mol. The van der Waals surface area contributed by atoms with Crippen LogP contribution in [0.25, 0.3) is 0 Å². The molecule has 4 N–H and O–H groups in total. The maximum Gasteiger partial charge on any atom is 0.195 e. The minimum absolute atomic E-state index is 0.254. The normalized spacial score (nSPS) is 21.4. The first kappa shape index (κ1) is 19.7. The maximum absolute atomic E-state index is 13.4. The van der Waals surface area contributed by atoms with Gasteiger partial charge in [-0.15, -0.1) is 0 Å². The van der Waals surface area contributed by atoms with Crippen molar-refractivity contribution in [3.05, 3.63) is 30.1 Å². The van der Waals surface area contributed by atoms with Crippen LogP contribution in [0.15, 0.2) is 29.3 Å². The molecule has 0 amide bonds. The fourth-order valence-corrected chi connectivity index (χ4v) is 3.24. The number of nitrogens with two attached hydrogens (primary N) is 1. The van der Waals surface area contributed by atoms with Crippen molar-refractivity contribution in [1.82, 2.24) is 10.2 Å². The van der Waals surface area contributed by atoms with Gasteiger partial charge in [-0.1, -0.05) is 12.5 Å². The fraction of sp³-hybridized carbons (Fsp3) is 0.632. The molecule has 0 aliphatic heterocycles. The Morgan fingerprint density at radius 2 is 2.12 bits per heavy atom. The van der Waals surface area contributed by atoms with E-state index in [2.05, 4.69) is 15.5 Å². The zero-order chi connectivity index (χ0) is 18.1. The Morgan fingerprint density at radius 1 is 1.32 bits per heavy atom. The Bertz CT molecular complexity index is 546. The van der Waals surface area contributed by atoms with Crippen LogP contribution in [0.1, 0.15) is 25.7 Å². The van der Waals surface area contributed by atoms with Gasteiger partial charge in [-0.05, 0) is 69.9 Å². The van der Waals surface area contributed by atoms with Crippen molar-refractivity contribution in [2.24, 2.45) is 22.6 Å². The summed E-state index contributed by atoms with van der Waals surface area (Å²) in [4.78, 5) is 6.86. The molecule has 0 bridgehead atoms. The smallest absolute Gasteiger partial charge is 0.195 e. The zero-order valence-electron chi connectivity index (χ0n) is 15.5. The number of nitrogens with one attached hydrogen (secondary N) is 2. The minimum Gasteiger partial charge on any atom is -0.355 e. The summed E-state index contributed by atoms with van der Waals surface area (Å²) in [6, 6.07) is 6.46. The SMILES string of the molecule is CN(C)CCNC(=NCC1CCCC(CN)C1)Nc1cccc(F)c1. The van der Waals surface area contributed by atoms with E-state index >= 15 is 0 Å². The van der Waals surface area contributed by atoms with Crippen molar-refractivity contribution >= 4 is 11.6 Å². The number of rotatable bonds is 7. The van der Waals surface area contributed by atoms with Gasteiger partial charge < -0.3 is 21.3 Å². The van der Waals surface area contributed by atoms with E-state index in [0.717, 1.165) is 32.6 Å². The molecule has 2 unspecified atom stereocenters. The molecule has 1 aromatic rings. The molecule has 1 aliphatic rings. The van der Waals surface area contributed by atoms with Gasteiger partial charge in [-0.25, -0.2) is 4.39 Å². The number of aliphatic imine (C=N–C) groups is 1. The quantitative estimate of drug-likeness (QED) is 0.523. The summed E-state index contributed by atoms with van der Waals surface area (Å²) >= 11 is 0. The number of nitrogens with zero attached hydrogens (tertiary/aromatic N) is 2. The second-order valence-electron chi connectivity index (χ2n) is 7.19. The van der Waals surface area contributed by atoms with Gasteiger partial charge in [0.2, 0.25) is 0 Å². The van der Waals surface area contributed by atoms with E-state index in [9.17, 15) is 4.39 Å². The van der Waals surface area contributed by atoms with Crippen molar-refractivity contribution in [2.75, 3.05) is 45.6 Å². The summed E-state index contributed by atoms with van der Waals surface area (Å²) in [5, 5.41) is 6.55. The van der Waals surface area contributed by atoms with Gasteiger partial charge in [-0.3, -0.25) is 4.99 Å². The largest absolute Gasteiger partial charge is 0.355 e. The molecule has 2 atom stereocenters. The summed E-state index contributed by atoms with van der Waals surface area (Å²) in [5.74, 6) is 1.68. The summed E-state index contributed by atoms with van der Waals surface area (Å²) < 4.78 is 13.4. The van der Waals surface area contributed by atoms with Crippen LogP contribution in [-0.4, -0.2) is 51.1 Å². The molecule has 0 heterocycles. The molecule has 6 heteroatoms. The molecule has 1 aromatic carbocycles. The predicted molar refractivity (Wildman–Crippen MR) is 103 cm³/mol. The van der Waals surface area contributed by atoms with Gasteiger partial charge in [0.25, 0.3) is 0 Å². The predicted octanol–water partition coefficient (Wildman–Crippen LogP) is 2.51. The lowest BCUT2D eigenvalue weighted by Crippen LogP contribution is -2.36. The lowest BCUT2D eigenvalue weighted by molar-refractivity contribution is 0.277. The number of hydrogen-bond donors (Lipinski definition) is 3. The summed E-state index contributed by atoms with van der Waals surface area (Å²) in [6.07, 6.45) is 4.85. The monoisotopic (exact) mass is 349 g/mol. The average molecular weight is 349 g/mol. The number of halogens is 1. The highest BCUT2D eigenvalue weighted by Crippen LogP contribution is 2.28.